The van der Waals surface area contributed by atoms with E-state index < -0.39 is 142 Å². The second kappa shape index (κ2) is 50.1. The van der Waals surface area contributed by atoms with E-state index in [0.29, 0.717) is 38.0 Å². The second-order valence-electron chi connectivity index (χ2n) is 29.6. The van der Waals surface area contributed by atoms with Crippen molar-refractivity contribution >= 4 is 108 Å². The van der Waals surface area contributed by atoms with E-state index in [1.165, 1.54) is 26.3 Å². The second-order valence-corrected chi connectivity index (χ2v) is 52.8. The SMILES string of the molecule is C=CCBr.C=CCC(C)(C(=O)NOCc1ccccc1)P(C)(C)=O.C=CCC(C)(C(=O)O)P(C)(C)=O.C=CCC(C)(C(=O)OCC)P(C)(C)=O.CC1(P(=O)(O)O)CC(O)N(O)C1=O.CC1(P(=O)(O)O)CC(O)N(OCc2ccccc2)C1=O.CC1(P(C)(C)=O)CC(O)N(OCc2ccccc2)C1=O.CCOC(=O)C(C)P(C)(C)=O.[2H]CC. The molecule has 3 aliphatic rings. The molecule has 3 saturated heterocycles. The lowest BCUT2D eigenvalue weighted by Gasteiger charge is -2.30. The molecule has 3 aromatic carbocycles. The Hall–Kier alpha value is -5.44. The van der Waals surface area contributed by atoms with Crippen molar-refractivity contribution in [2.24, 2.45) is 0 Å². The van der Waals surface area contributed by atoms with Crippen LogP contribution in [0, 0.1) is 0 Å². The lowest BCUT2D eigenvalue weighted by atomic mass is 10.1. The van der Waals surface area contributed by atoms with Crippen LogP contribution in [0.25, 0.3) is 0 Å². The van der Waals surface area contributed by atoms with Crippen LogP contribution in [0.1, 0.15) is 133 Å². The average Bonchev–Trinajstić information content (AvgIpc) is 1.61. The lowest BCUT2D eigenvalue weighted by Crippen LogP contribution is -2.43. The van der Waals surface area contributed by atoms with Gasteiger partial charge in [-0.3, -0.25) is 62.4 Å². The third-order valence-electron chi connectivity index (χ3n) is 19.2. The summed E-state index contributed by atoms with van der Waals surface area (Å²) < 4.78 is 97.7. The van der Waals surface area contributed by atoms with Crippen molar-refractivity contribution < 1.29 is 136 Å². The number of aliphatic carboxylic acids is 1. The van der Waals surface area contributed by atoms with E-state index in [1.54, 1.807) is 144 Å². The summed E-state index contributed by atoms with van der Waals surface area (Å²) in [5, 5.41) is 40.8. The Morgan fingerprint density at radius 3 is 1.12 bits per heavy atom. The third-order valence-corrected chi connectivity index (χ3v) is 36.1. The fourth-order valence-electron chi connectivity index (χ4n) is 9.50. The number of ether oxygens (including phenoxy) is 2. The van der Waals surface area contributed by atoms with E-state index in [-0.39, 0.29) is 56.0 Å². The van der Waals surface area contributed by atoms with E-state index >= 15 is 0 Å². The van der Waals surface area contributed by atoms with E-state index in [9.17, 15) is 85.5 Å². The molecule has 40 heteroatoms. The number of halogens is 1. The number of aliphatic hydroxyl groups excluding tert-OH is 3. The molecule has 10 atom stereocenters. The predicted molar refractivity (Wildman–Crippen MR) is 458 cm³/mol. The normalized spacial score (nSPS) is 21.1. The molecule has 662 valence electrons. The number of hydrogen-bond donors (Lipinski definition) is 10. The zero-order valence-corrected chi connectivity index (χ0v) is 78.3. The van der Waals surface area contributed by atoms with Gasteiger partial charge < -0.3 is 72.3 Å². The van der Waals surface area contributed by atoms with E-state index in [4.69, 9.17) is 50.6 Å². The summed E-state index contributed by atoms with van der Waals surface area (Å²) in [4.78, 5) is 133. The first-order valence-corrected chi connectivity index (χ1v) is 53.5. The van der Waals surface area contributed by atoms with Crippen LogP contribution in [-0.4, -0.2) is 242 Å². The van der Waals surface area contributed by atoms with Crippen LogP contribution in [-0.2, 0) is 109 Å². The number of hydrogen-bond acceptors (Lipinski definition) is 23. The minimum atomic E-state index is -4.68. The number of esters is 2. The number of nitrogens with one attached hydrogen (secondary N) is 1. The molecule has 3 aliphatic heterocycles. The molecular weight excluding hydrogens is 1710 g/mol. The molecule has 6 rings (SSSR count). The topological polar surface area (TPSA) is 489 Å². The number of alkyl halides is 1. The highest BCUT2D eigenvalue weighted by Gasteiger charge is 2.61. The Morgan fingerprint density at radius 1 is 0.560 bits per heavy atom. The van der Waals surface area contributed by atoms with Gasteiger partial charge in [-0.25, -0.2) is 5.48 Å². The molecule has 116 heavy (non-hydrogen) atoms. The summed E-state index contributed by atoms with van der Waals surface area (Å²) in [7, 11) is -22.2. The number of carboxylic acids is 1. The highest BCUT2D eigenvalue weighted by atomic mass is 79.9. The van der Waals surface area contributed by atoms with Crippen LogP contribution in [0.4, 0.5) is 0 Å². The van der Waals surface area contributed by atoms with Crippen LogP contribution >= 0.6 is 66.8 Å². The van der Waals surface area contributed by atoms with Gasteiger partial charge in [-0.05, 0) is 165 Å². The number of hydroxylamine groups is 7. The molecule has 4 amide bonds. The molecular formula is C76H128BrN4O28P7. The van der Waals surface area contributed by atoms with Crippen LogP contribution in [0.3, 0.4) is 0 Å². The Labute approximate surface area is 694 Å². The number of carbonyl (C=O) groups is 7. The third kappa shape index (κ3) is 33.9. The van der Waals surface area contributed by atoms with Gasteiger partial charge in [0.05, 0.1) is 55.5 Å². The molecule has 3 heterocycles. The molecule has 10 unspecified atom stereocenters. The molecule has 0 spiro atoms. The summed E-state index contributed by atoms with van der Waals surface area (Å²) in [5.74, 6) is -4.62. The number of allylic oxidation sites excluding steroid dienone is 4. The number of amides is 4. The maximum atomic E-state index is 12.4. The number of nitrogens with zero attached hydrogens (tertiary/aromatic N) is 3. The van der Waals surface area contributed by atoms with Crippen LogP contribution < -0.4 is 5.48 Å². The monoisotopic (exact) mass is 1840 g/mol. The van der Waals surface area contributed by atoms with Crippen molar-refractivity contribution in [2.45, 2.75) is 190 Å². The highest BCUT2D eigenvalue weighted by molar-refractivity contribution is 9.09. The van der Waals surface area contributed by atoms with Gasteiger partial charge >= 0.3 is 33.1 Å². The zero-order chi connectivity index (χ0) is 92.2. The van der Waals surface area contributed by atoms with Gasteiger partial charge in [-0.2, -0.15) is 15.2 Å². The van der Waals surface area contributed by atoms with Gasteiger partial charge in [0.1, 0.15) is 39.5 Å². The van der Waals surface area contributed by atoms with Crippen molar-refractivity contribution in [3.05, 3.63) is 158 Å². The van der Waals surface area contributed by atoms with Crippen molar-refractivity contribution in [1.29, 1.82) is 0 Å². The maximum Gasteiger partial charge on any atom is 0.341 e. The maximum absolute atomic E-state index is 12.4. The van der Waals surface area contributed by atoms with E-state index in [0.717, 1.165) is 40.9 Å². The number of aliphatic hydroxyl groups is 3. The van der Waals surface area contributed by atoms with E-state index in [1.807, 2.05) is 66.7 Å². The van der Waals surface area contributed by atoms with Gasteiger partial charge in [-0.15, -0.1) is 26.3 Å². The Bertz CT molecular complexity index is 3960. The first-order chi connectivity index (χ1) is 53.3. The molecule has 0 saturated carbocycles. The summed E-state index contributed by atoms with van der Waals surface area (Å²) in [6, 6.07) is 27.8. The smallest absolute Gasteiger partial charge is 0.341 e. The number of rotatable bonds is 29. The van der Waals surface area contributed by atoms with Crippen molar-refractivity contribution in [3.63, 3.8) is 0 Å². The fraction of sp³-hybridized carbons (Fsp3) is 0.566. The fourth-order valence-corrected chi connectivity index (χ4v) is 16.0. The van der Waals surface area contributed by atoms with Gasteiger partial charge in [0, 0.05) is 26.0 Å². The minimum Gasteiger partial charge on any atom is -0.480 e. The Morgan fingerprint density at radius 2 is 0.871 bits per heavy atom. The Kier molecular flexibility index (Phi) is 48.6. The van der Waals surface area contributed by atoms with Gasteiger partial charge in [0.25, 0.3) is 23.6 Å². The van der Waals surface area contributed by atoms with Gasteiger partial charge in [0.15, 0.2) is 29.0 Å². The molecule has 3 aromatic rings. The molecule has 10 N–H and O–H groups in total. The molecule has 0 aromatic heterocycles. The van der Waals surface area contributed by atoms with Crippen LogP contribution in [0.15, 0.2) is 142 Å². The van der Waals surface area contributed by atoms with E-state index in [2.05, 4.69) is 47.7 Å². The first-order valence-electron chi connectivity index (χ1n) is 36.8. The zero-order valence-electron chi connectivity index (χ0n) is 71.4. The molecule has 0 aliphatic carbocycles. The Balaban J connectivity index is -0.00000129. The summed E-state index contributed by atoms with van der Waals surface area (Å²) >= 11 is 3.13. The number of carboxylic acid groups (broad SMARTS) is 1. The average molecular weight is 1840 g/mol. The summed E-state index contributed by atoms with van der Waals surface area (Å²) in [6.07, 6.45) is 2.78. The highest BCUT2D eigenvalue weighted by Crippen LogP contribution is 2.60. The quantitative estimate of drug-likeness (QED) is 0.00770. The first kappa shape index (κ1) is 113. The summed E-state index contributed by atoms with van der Waals surface area (Å²) in [5.41, 5.74) is 4.56. The van der Waals surface area contributed by atoms with Crippen molar-refractivity contribution in [3.8, 4) is 0 Å². The van der Waals surface area contributed by atoms with Crippen molar-refractivity contribution in [1.82, 2.24) is 20.7 Å². The predicted octanol–water partition coefficient (Wildman–Crippen LogP) is 13.4. The molecule has 32 nitrogen and oxygen atoms in total. The summed E-state index contributed by atoms with van der Waals surface area (Å²) in [6.45, 7) is 47.0. The van der Waals surface area contributed by atoms with Crippen LogP contribution in [0.2, 0.25) is 0 Å². The van der Waals surface area contributed by atoms with Gasteiger partial charge in [-0.1, -0.05) is 145 Å². The minimum absolute atomic E-state index is 0.0286. The molecule has 0 radical (unpaired) electrons. The largest absolute Gasteiger partial charge is 0.480 e. The number of benzene rings is 3. The van der Waals surface area contributed by atoms with Crippen molar-refractivity contribution in [2.75, 3.05) is 85.2 Å². The molecule has 0 bridgehead atoms. The number of carbonyl (C=O) groups excluding carboxylic acids is 6. The lowest BCUT2D eigenvalue weighted by molar-refractivity contribution is -0.225. The standard InChI is InChI=1S/C15H22NO3P.C14H20NO4P.C12H16NO6P.C10H19O3P.C8H15O3P.C7H15O3P.C5H10NO6P.C3H5Br.C2H6/c1-5-11-15(2,20(3,4)18)14(17)16-19-12-13-9-7-6-8-10-13;1-14(20(2,3)18)9-12(16)15(13(14)17)19-10-11-7-5-4-6-8-11;1-12(20(16,17)18)7-10(14)13(11(12)15)19-8-9-5-3-2-4-6-9;1-6-8-10(3,14(4,5)12)9(11)13-7-2;1-5-6-8(2,7(9)10)12(3,4)11;1-5-10-7(8)6(2)11(3,4)9;1-5(13(10,11)12)2-3(7)6(9)4(5)8;1-2-3-4;1-2/h5-10H,1,11-12H2,2-4H3,(H,16,17);4-8,12,16H,9-10H2,1-3H3;2-6,10,14H,7-8H2,1H3,(H2,16,17,18);6H,1,7-8H2,2-5H3;5H,1,6H2,2-4H3,(H,9,10);6H,5H2,1-4H3;3,7,9H,2H2,1H3,(H2,10,11,12);2H,1,3H2;1-2H3/i;;;;;;;;1D. The van der Waals surface area contributed by atoms with Gasteiger partial charge in [0.2, 0.25) is 0 Å². The molecule has 3 fully saturated rings. The van der Waals surface area contributed by atoms with Crippen LogP contribution in [0.5, 0.6) is 0 Å².